The number of hydrogen-bond donors (Lipinski definition) is 1. The van der Waals surface area contributed by atoms with Gasteiger partial charge in [0.25, 0.3) is 0 Å². The second-order valence-corrected chi connectivity index (χ2v) is 2.64. The first kappa shape index (κ1) is 8.63. The van der Waals surface area contributed by atoms with Crippen LogP contribution in [-0.2, 0) is 0 Å². The fraction of sp³-hybridized carbons (Fsp3) is 0. The maximum atomic E-state index is 8.40. The molecule has 2 nitrogen and oxygen atoms in total. The standard InChI is InChI=1S/C9H7ClN2/c10-9-4-2-1-3-7(9)5-8(12)6-11/h1-5H,12H2. The zero-order valence-electron chi connectivity index (χ0n) is 6.29. The lowest BCUT2D eigenvalue weighted by atomic mass is 10.2. The molecular formula is C9H7ClN2. The van der Waals surface area contributed by atoms with Gasteiger partial charge in [0.2, 0.25) is 0 Å². The fourth-order valence-corrected chi connectivity index (χ4v) is 0.982. The first-order valence-electron chi connectivity index (χ1n) is 3.36. The number of nitrogens with two attached hydrogens (primary N) is 1. The lowest BCUT2D eigenvalue weighted by molar-refractivity contribution is 1.41. The summed E-state index contributed by atoms with van der Waals surface area (Å²) >= 11 is 5.82. The summed E-state index contributed by atoms with van der Waals surface area (Å²) in [5.74, 6) is 0. The Morgan fingerprint density at radius 3 is 2.75 bits per heavy atom. The average Bonchev–Trinajstić information content (AvgIpc) is 2.09. The van der Waals surface area contributed by atoms with E-state index < -0.39 is 0 Å². The van der Waals surface area contributed by atoms with Crippen molar-refractivity contribution in [2.45, 2.75) is 0 Å². The zero-order chi connectivity index (χ0) is 8.97. The summed E-state index contributed by atoms with van der Waals surface area (Å²) < 4.78 is 0. The number of allylic oxidation sites excluding steroid dienone is 1. The SMILES string of the molecule is N#CC(N)=Cc1ccccc1Cl. The van der Waals surface area contributed by atoms with Crippen LogP contribution in [0.1, 0.15) is 5.56 Å². The second kappa shape index (κ2) is 3.80. The molecule has 0 fully saturated rings. The molecule has 0 spiro atoms. The summed E-state index contributed by atoms with van der Waals surface area (Å²) in [6, 6.07) is 9.02. The van der Waals surface area contributed by atoms with Crippen LogP contribution in [-0.4, -0.2) is 0 Å². The van der Waals surface area contributed by atoms with E-state index in [0.717, 1.165) is 5.56 Å². The highest BCUT2D eigenvalue weighted by Crippen LogP contribution is 2.16. The van der Waals surface area contributed by atoms with E-state index in [4.69, 9.17) is 22.6 Å². The highest BCUT2D eigenvalue weighted by atomic mass is 35.5. The van der Waals surface area contributed by atoms with E-state index in [1.54, 1.807) is 18.2 Å². The summed E-state index contributed by atoms with van der Waals surface area (Å²) in [5, 5.41) is 8.99. The number of nitrogens with zero attached hydrogens (tertiary/aromatic N) is 1. The number of benzene rings is 1. The van der Waals surface area contributed by atoms with Crippen molar-refractivity contribution < 1.29 is 0 Å². The molecule has 2 N–H and O–H groups in total. The van der Waals surface area contributed by atoms with Crippen molar-refractivity contribution in [1.29, 1.82) is 5.26 Å². The molecule has 0 saturated heterocycles. The summed E-state index contributed by atoms with van der Waals surface area (Å²) in [6.07, 6.45) is 1.54. The molecule has 0 aromatic heterocycles. The lowest BCUT2D eigenvalue weighted by Gasteiger charge is -1.95. The van der Waals surface area contributed by atoms with Gasteiger partial charge in [-0.25, -0.2) is 0 Å². The molecule has 0 heterocycles. The van der Waals surface area contributed by atoms with Crippen LogP contribution in [0.25, 0.3) is 6.08 Å². The van der Waals surface area contributed by atoms with Crippen LogP contribution < -0.4 is 5.73 Å². The van der Waals surface area contributed by atoms with E-state index in [9.17, 15) is 0 Å². The minimum Gasteiger partial charge on any atom is -0.390 e. The monoisotopic (exact) mass is 178 g/mol. The Hall–Kier alpha value is -1.46. The molecule has 3 heteroatoms. The maximum absolute atomic E-state index is 8.40. The normalized spacial score (nSPS) is 10.8. The van der Waals surface area contributed by atoms with Crippen LogP contribution >= 0.6 is 11.6 Å². The second-order valence-electron chi connectivity index (χ2n) is 2.23. The highest BCUT2D eigenvalue weighted by molar-refractivity contribution is 6.32. The van der Waals surface area contributed by atoms with Crippen LogP contribution in [0.15, 0.2) is 30.0 Å². The Bertz CT molecular complexity index is 350. The minimum absolute atomic E-state index is 0.156. The van der Waals surface area contributed by atoms with Gasteiger partial charge in [0.05, 0.1) is 0 Å². The molecule has 0 aliphatic heterocycles. The van der Waals surface area contributed by atoms with E-state index in [1.165, 1.54) is 0 Å². The van der Waals surface area contributed by atoms with Crippen LogP contribution in [0.5, 0.6) is 0 Å². The van der Waals surface area contributed by atoms with Gasteiger partial charge in [-0.2, -0.15) is 5.26 Å². The smallest absolute Gasteiger partial charge is 0.117 e. The van der Waals surface area contributed by atoms with Crippen molar-refractivity contribution >= 4 is 17.7 Å². The van der Waals surface area contributed by atoms with Crippen LogP contribution in [0.3, 0.4) is 0 Å². The van der Waals surface area contributed by atoms with E-state index in [2.05, 4.69) is 0 Å². The van der Waals surface area contributed by atoms with Crippen molar-refractivity contribution in [3.8, 4) is 6.07 Å². The first-order chi connectivity index (χ1) is 5.74. The topological polar surface area (TPSA) is 49.8 Å². The van der Waals surface area contributed by atoms with Crippen molar-refractivity contribution in [1.82, 2.24) is 0 Å². The van der Waals surface area contributed by atoms with Gasteiger partial charge in [-0.05, 0) is 17.7 Å². The number of nitriles is 1. The van der Waals surface area contributed by atoms with E-state index in [0.29, 0.717) is 5.02 Å². The van der Waals surface area contributed by atoms with Crippen molar-refractivity contribution in [2.24, 2.45) is 5.73 Å². The molecule has 1 rings (SSSR count). The van der Waals surface area contributed by atoms with Gasteiger partial charge < -0.3 is 5.73 Å². The minimum atomic E-state index is 0.156. The van der Waals surface area contributed by atoms with Gasteiger partial charge in [-0.3, -0.25) is 0 Å². The molecule has 0 aliphatic rings. The van der Waals surface area contributed by atoms with Crippen molar-refractivity contribution in [2.75, 3.05) is 0 Å². The molecule has 1 aromatic rings. The molecule has 12 heavy (non-hydrogen) atoms. The number of hydrogen-bond acceptors (Lipinski definition) is 2. The molecule has 0 bridgehead atoms. The largest absolute Gasteiger partial charge is 0.390 e. The van der Waals surface area contributed by atoms with Crippen molar-refractivity contribution in [3.63, 3.8) is 0 Å². The van der Waals surface area contributed by atoms with Gasteiger partial charge >= 0.3 is 0 Å². The molecule has 0 atom stereocenters. The van der Waals surface area contributed by atoms with Crippen LogP contribution in [0.4, 0.5) is 0 Å². The quantitative estimate of drug-likeness (QED) is 0.670. The Morgan fingerprint density at radius 2 is 2.17 bits per heavy atom. The van der Waals surface area contributed by atoms with Gasteiger partial charge in [0.1, 0.15) is 11.8 Å². The van der Waals surface area contributed by atoms with E-state index in [1.807, 2.05) is 18.2 Å². The predicted molar refractivity (Wildman–Crippen MR) is 49.2 cm³/mol. The maximum Gasteiger partial charge on any atom is 0.117 e. The molecule has 1 aromatic carbocycles. The third-order valence-corrected chi connectivity index (χ3v) is 1.69. The van der Waals surface area contributed by atoms with Crippen LogP contribution in [0, 0.1) is 11.3 Å². The van der Waals surface area contributed by atoms with E-state index in [-0.39, 0.29) is 5.70 Å². The Labute approximate surface area is 75.9 Å². The number of rotatable bonds is 1. The zero-order valence-corrected chi connectivity index (χ0v) is 7.05. The van der Waals surface area contributed by atoms with Gasteiger partial charge in [0.15, 0.2) is 0 Å². The molecule has 0 amide bonds. The summed E-state index contributed by atoms with van der Waals surface area (Å²) in [7, 11) is 0. The Balaban J connectivity index is 3.06. The summed E-state index contributed by atoms with van der Waals surface area (Å²) in [5.41, 5.74) is 6.23. The lowest BCUT2D eigenvalue weighted by Crippen LogP contribution is -1.92. The average molecular weight is 179 g/mol. The van der Waals surface area contributed by atoms with Gasteiger partial charge in [-0.1, -0.05) is 29.8 Å². The highest BCUT2D eigenvalue weighted by Gasteiger charge is 1.94. The molecule has 60 valence electrons. The summed E-state index contributed by atoms with van der Waals surface area (Å²) in [4.78, 5) is 0. The number of halogens is 1. The fourth-order valence-electron chi connectivity index (χ4n) is 0.792. The van der Waals surface area contributed by atoms with Crippen LogP contribution in [0.2, 0.25) is 5.02 Å². The third-order valence-electron chi connectivity index (χ3n) is 1.35. The Kier molecular flexibility index (Phi) is 2.73. The van der Waals surface area contributed by atoms with E-state index >= 15 is 0 Å². The van der Waals surface area contributed by atoms with Gasteiger partial charge in [0, 0.05) is 5.02 Å². The summed E-state index contributed by atoms with van der Waals surface area (Å²) in [6.45, 7) is 0. The predicted octanol–water partition coefficient (Wildman–Crippen LogP) is 2.16. The third kappa shape index (κ3) is 2.01. The molecule has 0 saturated carbocycles. The Morgan fingerprint density at radius 1 is 1.50 bits per heavy atom. The molecule has 0 radical (unpaired) electrons. The first-order valence-corrected chi connectivity index (χ1v) is 3.73. The van der Waals surface area contributed by atoms with Gasteiger partial charge in [-0.15, -0.1) is 0 Å². The molecular weight excluding hydrogens is 172 g/mol. The van der Waals surface area contributed by atoms with Crippen molar-refractivity contribution in [3.05, 3.63) is 40.5 Å². The molecule has 0 aliphatic carbocycles. The molecule has 0 unspecified atom stereocenters.